The molecule has 0 spiro atoms. The first-order chi connectivity index (χ1) is 10.3. The summed E-state index contributed by atoms with van der Waals surface area (Å²) in [7, 11) is 0. The minimum atomic E-state index is -1.06. The van der Waals surface area contributed by atoms with Gasteiger partial charge in [0.25, 0.3) is 0 Å². The lowest BCUT2D eigenvalue weighted by Crippen LogP contribution is -2.35. The number of allylic oxidation sites excluding steroid dienone is 1. The topological polar surface area (TPSA) is 86.8 Å². The smallest absolute Gasteiger partial charge is 0.407 e. The van der Waals surface area contributed by atoms with Gasteiger partial charge in [0.2, 0.25) is 0 Å². The summed E-state index contributed by atoms with van der Waals surface area (Å²) < 4.78 is 0. The third-order valence-corrected chi connectivity index (χ3v) is 4.25. The highest BCUT2D eigenvalue weighted by atomic mass is 35.5. The Morgan fingerprint density at radius 3 is 2.59 bits per heavy atom. The molecule has 0 saturated heterocycles. The number of nitrogens with two attached hydrogens (primary N) is 1. The van der Waals surface area contributed by atoms with Gasteiger partial charge in [-0.05, 0) is 24.6 Å². The summed E-state index contributed by atoms with van der Waals surface area (Å²) in [5.41, 5.74) is 6.83. The van der Waals surface area contributed by atoms with Crippen molar-refractivity contribution in [2.45, 2.75) is 19.8 Å². The summed E-state index contributed by atoms with van der Waals surface area (Å²) in [5, 5.41) is 19.9. The number of hydrogen-bond acceptors (Lipinski definition) is 3. The van der Waals surface area contributed by atoms with Crippen LogP contribution in [0.2, 0.25) is 10.0 Å². The molecule has 0 unspecified atom stereocenters. The lowest BCUT2D eigenvalue weighted by molar-refractivity contribution is 0.146. The van der Waals surface area contributed by atoms with Crippen molar-refractivity contribution in [1.29, 1.82) is 0 Å². The van der Waals surface area contributed by atoms with Crippen LogP contribution in [0, 0.1) is 0 Å². The van der Waals surface area contributed by atoms with Gasteiger partial charge in [-0.25, -0.2) is 4.79 Å². The largest absolute Gasteiger partial charge is 0.508 e. The minimum Gasteiger partial charge on any atom is -0.508 e. The van der Waals surface area contributed by atoms with Crippen LogP contribution in [-0.4, -0.2) is 40.8 Å². The van der Waals surface area contributed by atoms with Gasteiger partial charge in [-0.15, -0.1) is 0 Å². The van der Waals surface area contributed by atoms with E-state index >= 15 is 0 Å². The van der Waals surface area contributed by atoms with Crippen LogP contribution in [0.5, 0.6) is 5.75 Å². The van der Waals surface area contributed by atoms with Crippen LogP contribution >= 0.6 is 23.2 Å². The highest BCUT2D eigenvalue weighted by Gasteiger charge is 2.22. The number of nitrogens with zero attached hydrogens (tertiary/aromatic N) is 1. The van der Waals surface area contributed by atoms with E-state index in [2.05, 4.69) is 0 Å². The van der Waals surface area contributed by atoms with Crippen LogP contribution in [0.25, 0.3) is 0 Å². The molecule has 0 heterocycles. The Kier molecular flexibility index (Phi) is 7.00. The molecule has 22 heavy (non-hydrogen) atoms. The van der Waals surface area contributed by atoms with Crippen LogP contribution in [0.1, 0.15) is 25.3 Å². The summed E-state index contributed by atoms with van der Waals surface area (Å²) >= 11 is 12.1. The number of halogens is 2. The number of carbonyl (C=O) groups is 1. The number of rotatable bonds is 6. The highest BCUT2D eigenvalue weighted by Crippen LogP contribution is 2.37. The Balaban J connectivity index is 3.00. The second-order valence-corrected chi connectivity index (χ2v) is 5.79. The lowest BCUT2D eigenvalue weighted by Gasteiger charge is -2.25. The second-order valence-electron chi connectivity index (χ2n) is 5.01. The van der Waals surface area contributed by atoms with E-state index < -0.39 is 6.09 Å². The van der Waals surface area contributed by atoms with Crippen molar-refractivity contribution in [3.05, 3.63) is 39.4 Å². The van der Waals surface area contributed by atoms with Crippen molar-refractivity contribution in [3.63, 3.8) is 0 Å². The molecule has 5 nitrogen and oxygen atoms in total. The maximum Gasteiger partial charge on any atom is 0.407 e. The maximum atomic E-state index is 11.4. The average Bonchev–Trinajstić information content (AvgIpc) is 2.47. The summed E-state index contributed by atoms with van der Waals surface area (Å²) in [6, 6.07) is 2.94. The van der Waals surface area contributed by atoms with Crippen molar-refractivity contribution < 1.29 is 15.0 Å². The number of carboxylic acid groups (broad SMARTS) is 1. The van der Waals surface area contributed by atoms with Gasteiger partial charge >= 0.3 is 6.09 Å². The Labute approximate surface area is 139 Å². The normalized spacial score (nSPS) is 13.0. The van der Waals surface area contributed by atoms with Gasteiger partial charge in [-0.2, -0.15) is 0 Å². The minimum absolute atomic E-state index is 0.00248. The standard InChI is InChI=1S/C15H20Cl2N2O3/c1-3-10(6-18)8-19(15(21)22)7-9(2)13-12(20)5-4-11(16)14(13)17/h3-5,9,20H,6-8,18H2,1-2H3,(H,21,22)/b10-3+/t9-/m0/s1. The fraction of sp³-hybridized carbons (Fsp3) is 0.400. The van der Waals surface area contributed by atoms with Crippen molar-refractivity contribution in [3.8, 4) is 5.75 Å². The van der Waals surface area contributed by atoms with Crippen LogP contribution in [0.3, 0.4) is 0 Å². The molecule has 1 amide bonds. The molecule has 4 N–H and O–H groups in total. The number of hydrogen-bond donors (Lipinski definition) is 3. The van der Waals surface area contributed by atoms with Crippen molar-refractivity contribution in [2.75, 3.05) is 19.6 Å². The molecule has 1 rings (SSSR count). The summed E-state index contributed by atoms with van der Waals surface area (Å²) in [4.78, 5) is 12.6. The first-order valence-corrected chi connectivity index (χ1v) is 7.56. The molecule has 0 aliphatic rings. The van der Waals surface area contributed by atoms with E-state index in [0.29, 0.717) is 10.6 Å². The molecule has 1 atom stereocenters. The van der Waals surface area contributed by atoms with Gasteiger partial charge in [-0.3, -0.25) is 0 Å². The molecule has 0 aromatic heterocycles. The Bertz CT molecular complexity index is 576. The first-order valence-electron chi connectivity index (χ1n) is 6.80. The molecule has 0 bridgehead atoms. The zero-order valence-electron chi connectivity index (χ0n) is 12.5. The van der Waals surface area contributed by atoms with Crippen LogP contribution in [0.15, 0.2) is 23.8 Å². The predicted octanol–water partition coefficient (Wildman–Crippen LogP) is 3.69. The fourth-order valence-corrected chi connectivity index (χ4v) is 2.69. The number of aromatic hydroxyl groups is 1. The SMILES string of the molecule is C/C=C(\CN)CN(C[C@H](C)c1c(O)ccc(Cl)c1Cl)C(=O)O. The molecule has 0 aliphatic heterocycles. The summed E-state index contributed by atoms with van der Waals surface area (Å²) in [6.45, 7) is 4.26. The van der Waals surface area contributed by atoms with E-state index in [0.717, 1.165) is 5.57 Å². The second kappa shape index (κ2) is 8.27. The third kappa shape index (κ3) is 4.53. The molecule has 1 aromatic rings. The van der Waals surface area contributed by atoms with Gasteiger partial charge < -0.3 is 20.8 Å². The van der Waals surface area contributed by atoms with E-state index in [9.17, 15) is 15.0 Å². The number of phenolic OH excluding ortho intramolecular Hbond substituents is 1. The zero-order valence-corrected chi connectivity index (χ0v) is 14.0. The van der Waals surface area contributed by atoms with Crippen LogP contribution in [-0.2, 0) is 0 Å². The number of phenols is 1. The quantitative estimate of drug-likeness (QED) is 0.685. The van der Waals surface area contributed by atoms with E-state index in [-0.39, 0.29) is 36.3 Å². The van der Waals surface area contributed by atoms with E-state index in [1.165, 1.54) is 17.0 Å². The maximum absolute atomic E-state index is 11.4. The molecular weight excluding hydrogens is 327 g/mol. The van der Waals surface area contributed by atoms with E-state index in [1.54, 1.807) is 13.0 Å². The first kappa shape index (κ1) is 18.6. The number of benzene rings is 1. The zero-order chi connectivity index (χ0) is 16.9. The Hall–Kier alpha value is -1.43. The molecule has 0 saturated carbocycles. The van der Waals surface area contributed by atoms with Crippen LogP contribution in [0.4, 0.5) is 4.79 Å². The van der Waals surface area contributed by atoms with Gasteiger partial charge in [0.05, 0.1) is 10.0 Å². The van der Waals surface area contributed by atoms with Crippen molar-refractivity contribution in [1.82, 2.24) is 4.90 Å². The van der Waals surface area contributed by atoms with E-state index in [1.807, 2.05) is 6.92 Å². The van der Waals surface area contributed by atoms with Gasteiger partial charge in [0, 0.05) is 31.1 Å². The predicted molar refractivity (Wildman–Crippen MR) is 89.0 cm³/mol. The Morgan fingerprint density at radius 2 is 2.09 bits per heavy atom. The van der Waals surface area contributed by atoms with Crippen LogP contribution < -0.4 is 5.73 Å². The molecule has 1 aromatic carbocycles. The van der Waals surface area contributed by atoms with Gasteiger partial charge in [0.1, 0.15) is 5.75 Å². The fourth-order valence-electron chi connectivity index (χ4n) is 2.18. The molecule has 122 valence electrons. The Morgan fingerprint density at radius 1 is 1.45 bits per heavy atom. The lowest BCUT2D eigenvalue weighted by atomic mass is 9.99. The molecule has 7 heteroatoms. The van der Waals surface area contributed by atoms with E-state index in [4.69, 9.17) is 28.9 Å². The van der Waals surface area contributed by atoms with Gasteiger partial charge in [-0.1, -0.05) is 36.2 Å². The van der Waals surface area contributed by atoms with Crippen molar-refractivity contribution >= 4 is 29.3 Å². The number of amides is 1. The summed E-state index contributed by atoms with van der Waals surface area (Å²) in [6.07, 6.45) is 0.738. The molecule has 0 fully saturated rings. The molecule has 0 aliphatic carbocycles. The summed E-state index contributed by atoms with van der Waals surface area (Å²) in [5.74, 6) is -0.324. The molecule has 0 radical (unpaired) electrons. The van der Waals surface area contributed by atoms with Gasteiger partial charge in [0.15, 0.2) is 0 Å². The third-order valence-electron chi connectivity index (χ3n) is 3.43. The monoisotopic (exact) mass is 346 g/mol. The van der Waals surface area contributed by atoms with Crippen molar-refractivity contribution in [2.24, 2.45) is 5.73 Å². The molecular formula is C15H20Cl2N2O3. The average molecular weight is 347 g/mol. The highest BCUT2D eigenvalue weighted by molar-refractivity contribution is 6.42.